The second kappa shape index (κ2) is 8.32. The maximum atomic E-state index is 12.6. The zero-order chi connectivity index (χ0) is 20.2. The third-order valence-corrected chi connectivity index (χ3v) is 6.22. The summed E-state index contributed by atoms with van der Waals surface area (Å²) in [6.07, 6.45) is 0. The molecule has 2 rings (SSSR count). The van der Waals surface area contributed by atoms with Gasteiger partial charge in [0, 0.05) is 24.3 Å². The van der Waals surface area contributed by atoms with Gasteiger partial charge in [-0.3, -0.25) is 4.79 Å². The molecule has 0 spiro atoms. The number of aromatic carboxylic acids is 1. The van der Waals surface area contributed by atoms with Crippen molar-refractivity contribution in [1.82, 2.24) is 4.31 Å². The standard InChI is InChI=1S/C19H22N2O5S/c1-4-21(5-2)27(25,26)16-8-6-7-14(11-16)18(22)20-17-12-15(19(23)24)10-9-13(17)3/h6-12H,4-5H2,1-3H3,(H,20,22)(H,23,24). The third kappa shape index (κ3) is 4.53. The van der Waals surface area contributed by atoms with Crippen LogP contribution in [0.25, 0.3) is 0 Å². The number of nitrogens with one attached hydrogen (secondary N) is 1. The molecule has 0 saturated heterocycles. The summed E-state index contributed by atoms with van der Waals surface area (Å²) in [6.45, 7) is 5.89. The van der Waals surface area contributed by atoms with Crippen LogP contribution in [0.15, 0.2) is 47.4 Å². The Balaban J connectivity index is 2.34. The van der Waals surface area contributed by atoms with Crippen molar-refractivity contribution in [2.75, 3.05) is 18.4 Å². The smallest absolute Gasteiger partial charge is 0.335 e. The zero-order valence-electron chi connectivity index (χ0n) is 15.4. The van der Waals surface area contributed by atoms with Crippen molar-refractivity contribution in [2.45, 2.75) is 25.7 Å². The Morgan fingerprint density at radius 1 is 1.04 bits per heavy atom. The van der Waals surface area contributed by atoms with Gasteiger partial charge in [0.05, 0.1) is 10.5 Å². The van der Waals surface area contributed by atoms with E-state index in [4.69, 9.17) is 5.11 Å². The number of carboxylic acid groups (broad SMARTS) is 1. The van der Waals surface area contributed by atoms with Crippen molar-refractivity contribution in [1.29, 1.82) is 0 Å². The lowest BCUT2D eigenvalue weighted by molar-refractivity contribution is 0.0696. The number of amides is 1. The highest BCUT2D eigenvalue weighted by atomic mass is 32.2. The first-order valence-corrected chi connectivity index (χ1v) is 9.90. The minimum atomic E-state index is -3.68. The fourth-order valence-corrected chi connectivity index (χ4v) is 4.10. The highest BCUT2D eigenvalue weighted by molar-refractivity contribution is 7.89. The zero-order valence-corrected chi connectivity index (χ0v) is 16.2. The minimum absolute atomic E-state index is 0.0369. The van der Waals surface area contributed by atoms with Crippen LogP contribution in [0.3, 0.4) is 0 Å². The molecule has 144 valence electrons. The molecule has 2 N–H and O–H groups in total. The average molecular weight is 390 g/mol. The van der Waals surface area contributed by atoms with Crippen LogP contribution < -0.4 is 5.32 Å². The van der Waals surface area contributed by atoms with Crippen molar-refractivity contribution < 1.29 is 23.1 Å². The van der Waals surface area contributed by atoms with E-state index in [2.05, 4.69) is 5.32 Å². The molecule has 0 heterocycles. The van der Waals surface area contributed by atoms with Gasteiger partial charge >= 0.3 is 5.97 Å². The Hall–Kier alpha value is -2.71. The Kier molecular flexibility index (Phi) is 6.35. The van der Waals surface area contributed by atoms with Gasteiger partial charge in [0.1, 0.15) is 0 Å². The van der Waals surface area contributed by atoms with Gasteiger partial charge in [-0.15, -0.1) is 0 Å². The van der Waals surface area contributed by atoms with E-state index in [1.165, 1.54) is 40.7 Å². The molecule has 0 unspecified atom stereocenters. The molecule has 0 aliphatic rings. The van der Waals surface area contributed by atoms with Gasteiger partial charge < -0.3 is 10.4 Å². The topological polar surface area (TPSA) is 104 Å². The normalized spacial score (nSPS) is 11.4. The van der Waals surface area contributed by atoms with E-state index >= 15 is 0 Å². The quantitative estimate of drug-likeness (QED) is 0.756. The molecule has 0 bridgehead atoms. The number of anilines is 1. The van der Waals surface area contributed by atoms with Gasteiger partial charge in [-0.05, 0) is 42.8 Å². The fraction of sp³-hybridized carbons (Fsp3) is 0.263. The molecule has 0 fully saturated rings. The van der Waals surface area contributed by atoms with Crippen molar-refractivity contribution in [3.8, 4) is 0 Å². The highest BCUT2D eigenvalue weighted by Crippen LogP contribution is 2.20. The molecule has 7 nitrogen and oxygen atoms in total. The molecule has 0 saturated carbocycles. The lowest BCUT2D eigenvalue weighted by atomic mass is 10.1. The Bertz CT molecular complexity index is 966. The summed E-state index contributed by atoms with van der Waals surface area (Å²) in [5.74, 6) is -1.62. The van der Waals surface area contributed by atoms with Crippen LogP contribution >= 0.6 is 0 Å². The van der Waals surface area contributed by atoms with Crippen LogP contribution in [0.4, 0.5) is 5.69 Å². The van der Waals surface area contributed by atoms with Gasteiger partial charge in [-0.2, -0.15) is 4.31 Å². The van der Waals surface area contributed by atoms with Crippen LogP contribution in [0, 0.1) is 6.92 Å². The number of nitrogens with zero attached hydrogens (tertiary/aromatic N) is 1. The van der Waals surface area contributed by atoms with Gasteiger partial charge in [-0.25, -0.2) is 13.2 Å². The van der Waals surface area contributed by atoms with E-state index in [-0.39, 0.29) is 16.0 Å². The largest absolute Gasteiger partial charge is 0.478 e. The van der Waals surface area contributed by atoms with Crippen LogP contribution in [-0.4, -0.2) is 42.8 Å². The van der Waals surface area contributed by atoms with Crippen LogP contribution in [-0.2, 0) is 10.0 Å². The number of benzene rings is 2. The SMILES string of the molecule is CCN(CC)S(=O)(=O)c1cccc(C(=O)Nc2cc(C(=O)O)ccc2C)c1. The van der Waals surface area contributed by atoms with E-state index in [0.29, 0.717) is 24.3 Å². The van der Waals surface area contributed by atoms with Crippen LogP contribution in [0.1, 0.15) is 40.1 Å². The Morgan fingerprint density at radius 3 is 2.30 bits per heavy atom. The molecule has 1 amide bonds. The first-order chi connectivity index (χ1) is 12.7. The summed E-state index contributed by atoms with van der Waals surface area (Å²) in [4.78, 5) is 23.7. The number of hydrogen-bond donors (Lipinski definition) is 2. The van der Waals surface area contributed by atoms with Gasteiger partial charge in [0.15, 0.2) is 0 Å². The van der Waals surface area contributed by atoms with Gasteiger partial charge in [0.25, 0.3) is 5.91 Å². The van der Waals surface area contributed by atoms with Crippen molar-refractivity contribution in [2.24, 2.45) is 0 Å². The van der Waals surface area contributed by atoms with Gasteiger partial charge in [0.2, 0.25) is 10.0 Å². The lowest BCUT2D eigenvalue weighted by Crippen LogP contribution is -2.30. The molecule has 2 aromatic carbocycles. The highest BCUT2D eigenvalue weighted by Gasteiger charge is 2.22. The molecule has 8 heteroatoms. The number of aryl methyl sites for hydroxylation is 1. The Morgan fingerprint density at radius 2 is 1.70 bits per heavy atom. The van der Waals surface area contributed by atoms with Crippen molar-refractivity contribution in [3.63, 3.8) is 0 Å². The average Bonchev–Trinajstić information content (AvgIpc) is 2.64. The molecule has 0 aliphatic carbocycles. The van der Waals surface area contributed by atoms with Crippen LogP contribution in [0.5, 0.6) is 0 Å². The molecule has 0 radical (unpaired) electrons. The van der Waals surface area contributed by atoms with E-state index in [1.807, 2.05) is 0 Å². The number of carbonyl (C=O) groups excluding carboxylic acids is 1. The number of sulfonamides is 1. The summed E-state index contributed by atoms with van der Waals surface area (Å²) >= 11 is 0. The molecule has 0 atom stereocenters. The summed E-state index contributed by atoms with van der Waals surface area (Å²) in [5, 5.41) is 11.7. The summed E-state index contributed by atoms with van der Waals surface area (Å²) in [7, 11) is -3.68. The molecular weight excluding hydrogens is 368 g/mol. The second-order valence-electron chi connectivity index (χ2n) is 5.91. The first kappa shape index (κ1) is 20.6. The van der Waals surface area contributed by atoms with E-state index in [9.17, 15) is 18.0 Å². The van der Waals surface area contributed by atoms with Crippen molar-refractivity contribution >= 4 is 27.6 Å². The predicted octanol–water partition coefficient (Wildman–Crippen LogP) is 2.98. The Labute approximate surface area is 158 Å². The molecule has 27 heavy (non-hydrogen) atoms. The monoisotopic (exact) mass is 390 g/mol. The van der Waals surface area contributed by atoms with E-state index in [1.54, 1.807) is 26.8 Å². The third-order valence-electron chi connectivity index (χ3n) is 4.17. The minimum Gasteiger partial charge on any atom is -0.478 e. The van der Waals surface area contributed by atoms with E-state index < -0.39 is 21.9 Å². The number of hydrogen-bond acceptors (Lipinski definition) is 4. The van der Waals surface area contributed by atoms with E-state index in [0.717, 1.165) is 0 Å². The summed E-state index contributed by atoms with van der Waals surface area (Å²) in [5.41, 5.74) is 1.27. The van der Waals surface area contributed by atoms with Gasteiger partial charge in [-0.1, -0.05) is 26.0 Å². The van der Waals surface area contributed by atoms with Crippen molar-refractivity contribution in [3.05, 3.63) is 59.2 Å². The molecule has 0 aromatic heterocycles. The maximum absolute atomic E-state index is 12.6. The second-order valence-corrected chi connectivity index (χ2v) is 7.84. The molecule has 2 aromatic rings. The molecule has 0 aliphatic heterocycles. The summed E-state index contributed by atoms with van der Waals surface area (Å²) in [6, 6.07) is 10.2. The molecular formula is C19H22N2O5S. The number of rotatable bonds is 7. The fourth-order valence-electron chi connectivity index (χ4n) is 2.59. The first-order valence-electron chi connectivity index (χ1n) is 8.46. The lowest BCUT2D eigenvalue weighted by Gasteiger charge is -2.18. The maximum Gasteiger partial charge on any atom is 0.335 e. The summed E-state index contributed by atoms with van der Waals surface area (Å²) < 4.78 is 26.6. The number of carboxylic acids is 1. The predicted molar refractivity (Wildman–Crippen MR) is 103 cm³/mol. The van der Waals surface area contributed by atoms with Crippen LogP contribution in [0.2, 0.25) is 0 Å². The number of carbonyl (C=O) groups is 2.